The van der Waals surface area contributed by atoms with Crippen LogP contribution in [0.3, 0.4) is 0 Å². The zero-order chi connectivity index (χ0) is 4.12. The summed E-state index contributed by atoms with van der Waals surface area (Å²) in [5.41, 5.74) is 0. The Morgan fingerprint density at radius 2 is 2.40 bits per heavy atom. The van der Waals surface area contributed by atoms with E-state index in [0.29, 0.717) is 0 Å². The van der Waals surface area contributed by atoms with E-state index in [0.717, 1.165) is 8.73 Å². The lowest BCUT2D eigenvalue weighted by atomic mass is 10.9. The van der Waals surface area contributed by atoms with Gasteiger partial charge < -0.3 is 0 Å². The first-order valence-corrected chi connectivity index (χ1v) is 3.01. The van der Waals surface area contributed by atoms with Crippen molar-refractivity contribution in [3.05, 3.63) is 0 Å². The highest BCUT2D eigenvalue weighted by Crippen LogP contribution is 1.98. The summed E-state index contributed by atoms with van der Waals surface area (Å²) in [5.74, 6) is 0. The summed E-state index contributed by atoms with van der Waals surface area (Å²) in [6, 6.07) is 0. The van der Waals surface area contributed by atoms with Crippen molar-refractivity contribution in [3.8, 4) is 0 Å². The lowest BCUT2D eigenvalue weighted by Gasteiger charge is -1.68. The molecule has 0 N–H and O–H groups in total. The van der Waals surface area contributed by atoms with E-state index >= 15 is 0 Å². The molecule has 0 aliphatic carbocycles. The average molecular weight is 89.1 g/mol. The van der Waals surface area contributed by atoms with Gasteiger partial charge in [-0.25, -0.2) is 0 Å². The monoisotopic (exact) mass is 89.0 g/mol. The molecule has 5 heavy (non-hydrogen) atoms. The average Bonchev–Trinajstić information content (AvgIpc) is 1.41. The van der Waals surface area contributed by atoms with Crippen molar-refractivity contribution in [2.24, 2.45) is 4.76 Å². The van der Waals surface area contributed by atoms with E-state index in [1.54, 1.807) is 0 Å². The van der Waals surface area contributed by atoms with E-state index in [4.69, 9.17) is 0 Å². The van der Waals surface area contributed by atoms with Crippen LogP contribution in [-0.2, 0) is 0 Å². The maximum atomic E-state index is 3.88. The third-order valence-corrected chi connectivity index (χ3v) is 0.775. The van der Waals surface area contributed by atoms with Crippen LogP contribution in [0, 0.1) is 0 Å². The number of nitrogens with zero attached hydrogens (tertiary/aromatic N) is 1. The Bertz CT molecular complexity index is 33.9. The molecule has 0 fully saturated rings. The molecule has 0 saturated heterocycles. The number of hydrogen-bond donors (Lipinski definition) is 0. The molecule has 1 unspecified atom stereocenters. The van der Waals surface area contributed by atoms with E-state index in [9.17, 15) is 0 Å². The Morgan fingerprint density at radius 1 is 1.80 bits per heavy atom. The van der Waals surface area contributed by atoms with Gasteiger partial charge >= 0.3 is 0 Å². The van der Waals surface area contributed by atoms with Gasteiger partial charge in [0.15, 0.2) is 0 Å². The second-order valence-electron chi connectivity index (χ2n) is 0.611. The number of hydrogen-bond acceptors (Lipinski definition) is 1. The van der Waals surface area contributed by atoms with Crippen molar-refractivity contribution in [3.63, 3.8) is 0 Å². The van der Waals surface area contributed by atoms with E-state index in [1.807, 2.05) is 19.8 Å². The van der Waals surface area contributed by atoms with Crippen molar-refractivity contribution in [2.75, 3.05) is 6.66 Å². The first-order chi connectivity index (χ1) is 2.41. The minimum atomic E-state index is 0.727. The molecule has 1 atom stereocenters. The van der Waals surface area contributed by atoms with Gasteiger partial charge in [-0.1, -0.05) is 0 Å². The molecule has 0 aliphatic heterocycles. The Morgan fingerprint density at radius 3 is 2.40 bits per heavy atom. The van der Waals surface area contributed by atoms with E-state index in [1.165, 1.54) is 0 Å². The Labute approximate surface area is 34.3 Å². The zero-order valence-corrected chi connectivity index (χ0v) is 4.52. The molecular formula is C3H8NP. The molecule has 1 nitrogen and oxygen atoms in total. The summed E-state index contributed by atoms with van der Waals surface area (Å²) >= 11 is 0. The molecule has 0 aromatic heterocycles. The van der Waals surface area contributed by atoms with Crippen LogP contribution in [0.15, 0.2) is 4.76 Å². The van der Waals surface area contributed by atoms with Crippen molar-refractivity contribution < 1.29 is 0 Å². The van der Waals surface area contributed by atoms with E-state index < -0.39 is 0 Å². The van der Waals surface area contributed by atoms with Crippen LogP contribution < -0.4 is 0 Å². The first-order valence-electron chi connectivity index (χ1n) is 1.56. The van der Waals surface area contributed by atoms with Gasteiger partial charge in [-0.2, -0.15) is 0 Å². The van der Waals surface area contributed by atoms with Gasteiger partial charge in [0.25, 0.3) is 0 Å². The molecule has 0 amide bonds. The first kappa shape index (κ1) is 5.10. The molecule has 0 heterocycles. The fraction of sp³-hybridized carbons (Fsp3) is 0.667. The third kappa shape index (κ3) is 4.10. The maximum Gasteiger partial charge on any atom is -0.000354 e. The van der Waals surface area contributed by atoms with E-state index in [2.05, 4.69) is 4.76 Å². The summed E-state index contributed by atoms with van der Waals surface area (Å²) in [5, 5.41) is 0. The van der Waals surface area contributed by atoms with Crippen molar-refractivity contribution in [2.45, 2.75) is 6.92 Å². The molecule has 0 aromatic rings. The summed E-state index contributed by atoms with van der Waals surface area (Å²) in [6.07, 6.45) is 1.82. The predicted octanol–water partition coefficient (Wildman–Crippen LogP) is 1.30. The van der Waals surface area contributed by atoms with Gasteiger partial charge in [-0.3, -0.25) is 4.76 Å². The summed E-state index contributed by atoms with van der Waals surface area (Å²) in [6.45, 7) is 3.97. The van der Waals surface area contributed by atoms with Gasteiger partial charge in [0.2, 0.25) is 0 Å². The highest BCUT2D eigenvalue weighted by molar-refractivity contribution is 7.35. The molecule has 30 valence electrons. The second kappa shape index (κ2) is 4.10. The van der Waals surface area contributed by atoms with Crippen molar-refractivity contribution in [1.82, 2.24) is 0 Å². The van der Waals surface area contributed by atoms with E-state index in [-0.39, 0.29) is 0 Å². The smallest absolute Gasteiger partial charge is 0.000354 e. The fourth-order valence-corrected chi connectivity index (χ4v) is 0.387. The fourth-order valence-electron chi connectivity index (χ4n) is 0.129. The molecule has 0 bridgehead atoms. The number of rotatable bonds is 1. The molecule has 0 radical (unpaired) electrons. The predicted molar refractivity (Wildman–Crippen MR) is 28.4 cm³/mol. The molecular weight excluding hydrogens is 81.0 g/mol. The molecule has 0 aliphatic rings. The normalized spacial score (nSPS) is 12.4. The summed E-state index contributed by atoms with van der Waals surface area (Å²) in [7, 11) is 0.727. The van der Waals surface area contributed by atoms with Crippen LogP contribution in [0.1, 0.15) is 6.92 Å². The topological polar surface area (TPSA) is 12.4 Å². The summed E-state index contributed by atoms with van der Waals surface area (Å²) in [4.78, 5) is 0. The van der Waals surface area contributed by atoms with Crippen molar-refractivity contribution >= 4 is 14.9 Å². The lowest BCUT2D eigenvalue weighted by Crippen LogP contribution is -1.44. The highest BCUT2D eigenvalue weighted by atomic mass is 31.1. The maximum absolute atomic E-state index is 3.88. The second-order valence-corrected chi connectivity index (χ2v) is 1.32. The Hall–Kier alpha value is 0.100. The minimum absolute atomic E-state index is 0.727. The van der Waals surface area contributed by atoms with Gasteiger partial charge in [0.05, 0.1) is 0 Å². The Balaban J connectivity index is 2.62. The van der Waals surface area contributed by atoms with Gasteiger partial charge in [-0.05, 0) is 28.5 Å². The quantitative estimate of drug-likeness (QED) is 0.339. The van der Waals surface area contributed by atoms with Gasteiger partial charge in [0.1, 0.15) is 0 Å². The lowest BCUT2D eigenvalue weighted by molar-refractivity contribution is 1.86. The summed E-state index contributed by atoms with van der Waals surface area (Å²) < 4.78 is 3.88. The SMILES string of the molecule is C/C=N\PC. The molecule has 0 saturated carbocycles. The van der Waals surface area contributed by atoms with Gasteiger partial charge in [0, 0.05) is 0 Å². The highest BCUT2D eigenvalue weighted by Gasteiger charge is 1.50. The van der Waals surface area contributed by atoms with Crippen molar-refractivity contribution in [1.29, 1.82) is 0 Å². The molecule has 0 spiro atoms. The van der Waals surface area contributed by atoms with Crippen LogP contribution in [0.25, 0.3) is 0 Å². The molecule has 0 aromatic carbocycles. The zero-order valence-electron chi connectivity index (χ0n) is 3.52. The van der Waals surface area contributed by atoms with Crippen LogP contribution in [0.2, 0.25) is 0 Å². The Kier molecular flexibility index (Phi) is 4.18. The third-order valence-electron chi connectivity index (χ3n) is 0.258. The van der Waals surface area contributed by atoms with Crippen LogP contribution >= 0.6 is 8.73 Å². The van der Waals surface area contributed by atoms with Crippen LogP contribution in [0.4, 0.5) is 0 Å². The molecule has 2 heteroatoms. The van der Waals surface area contributed by atoms with Crippen LogP contribution in [-0.4, -0.2) is 12.9 Å². The van der Waals surface area contributed by atoms with Crippen LogP contribution in [0.5, 0.6) is 0 Å². The standard InChI is InChI=1S/C3H8NP/c1-3-4-5-2/h3,5H,1-2H3/b4-3-. The van der Waals surface area contributed by atoms with Gasteiger partial charge in [-0.15, -0.1) is 0 Å². The molecule has 0 rings (SSSR count). The largest absolute Gasteiger partial charge is 0.278 e. The minimum Gasteiger partial charge on any atom is -0.278 e.